The maximum absolute atomic E-state index is 13.2. The largest absolute Gasteiger partial charge is 0.387 e. The number of ether oxygens (including phenoxy) is 1. The second-order valence-electron chi connectivity index (χ2n) is 3.23. The van der Waals surface area contributed by atoms with Crippen molar-refractivity contribution in [3.05, 3.63) is 35.6 Å². The van der Waals surface area contributed by atoms with Crippen molar-refractivity contribution < 1.29 is 14.2 Å². The summed E-state index contributed by atoms with van der Waals surface area (Å²) in [6.07, 6.45) is -0.817. The predicted molar refractivity (Wildman–Crippen MR) is 56.1 cm³/mol. The third kappa shape index (κ3) is 3.95. The van der Waals surface area contributed by atoms with Crippen LogP contribution in [-0.2, 0) is 4.74 Å². The Morgan fingerprint density at radius 1 is 1.47 bits per heavy atom. The average Bonchev–Trinajstić information content (AvgIpc) is 2.25. The molecular formula is C11H16FNO2. The molecule has 1 aromatic carbocycles. The van der Waals surface area contributed by atoms with Crippen LogP contribution in [0.3, 0.4) is 0 Å². The van der Waals surface area contributed by atoms with E-state index in [0.29, 0.717) is 25.3 Å². The van der Waals surface area contributed by atoms with Crippen molar-refractivity contribution in [2.24, 2.45) is 0 Å². The number of nitrogens with one attached hydrogen (secondary N) is 1. The van der Waals surface area contributed by atoms with Gasteiger partial charge in [0.1, 0.15) is 5.82 Å². The van der Waals surface area contributed by atoms with Gasteiger partial charge in [-0.25, -0.2) is 4.39 Å². The number of hydrogen-bond acceptors (Lipinski definition) is 3. The first-order chi connectivity index (χ1) is 7.25. The number of rotatable bonds is 6. The van der Waals surface area contributed by atoms with Crippen molar-refractivity contribution >= 4 is 0 Å². The van der Waals surface area contributed by atoms with Gasteiger partial charge in [-0.1, -0.05) is 18.2 Å². The normalized spacial score (nSPS) is 12.7. The Morgan fingerprint density at radius 3 is 2.87 bits per heavy atom. The number of aliphatic hydroxyl groups excluding tert-OH is 1. The van der Waals surface area contributed by atoms with Gasteiger partial charge in [-0.3, -0.25) is 0 Å². The number of halogens is 1. The summed E-state index contributed by atoms with van der Waals surface area (Å²) in [5.41, 5.74) is 0.322. The predicted octanol–water partition coefficient (Wildman–Crippen LogP) is 1.10. The lowest BCUT2D eigenvalue weighted by atomic mass is 10.1. The van der Waals surface area contributed by atoms with Gasteiger partial charge in [-0.2, -0.15) is 0 Å². The van der Waals surface area contributed by atoms with Crippen molar-refractivity contribution in [1.82, 2.24) is 5.32 Å². The minimum atomic E-state index is -0.817. The fourth-order valence-electron chi connectivity index (χ4n) is 1.27. The Kier molecular flexibility index (Phi) is 5.25. The molecule has 0 aliphatic carbocycles. The van der Waals surface area contributed by atoms with Crippen molar-refractivity contribution in [2.45, 2.75) is 6.10 Å². The molecule has 0 heterocycles. The highest BCUT2D eigenvalue weighted by Crippen LogP contribution is 2.15. The third-order valence-electron chi connectivity index (χ3n) is 2.08. The minimum absolute atomic E-state index is 0.322. The first-order valence-electron chi connectivity index (χ1n) is 4.88. The van der Waals surface area contributed by atoms with Crippen molar-refractivity contribution in [1.29, 1.82) is 0 Å². The standard InChI is InChI=1S/C11H16FNO2/c1-15-7-6-13-8-11(14)9-4-2-3-5-10(9)12/h2-5,11,13-14H,6-8H2,1H3. The molecule has 0 spiro atoms. The summed E-state index contributed by atoms with van der Waals surface area (Å²) in [5.74, 6) is -0.376. The summed E-state index contributed by atoms with van der Waals surface area (Å²) in [4.78, 5) is 0. The average molecular weight is 213 g/mol. The molecule has 0 aliphatic heterocycles. The molecule has 0 aliphatic rings. The Morgan fingerprint density at radius 2 is 2.20 bits per heavy atom. The van der Waals surface area contributed by atoms with E-state index < -0.39 is 6.10 Å². The molecule has 0 saturated heterocycles. The zero-order chi connectivity index (χ0) is 11.1. The molecule has 1 unspecified atom stereocenters. The van der Waals surface area contributed by atoms with Gasteiger partial charge in [-0.15, -0.1) is 0 Å². The maximum atomic E-state index is 13.2. The number of hydrogen-bond donors (Lipinski definition) is 2. The first kappa shape index (κ1) is 12.1. The van der Waals surface area contributed by atoms with E-state index in [2.05, 4.69) is 5.32 Å². The van der Waals surface area contributed by atoms with Crippen LogP contribution in [0.2, 0.25) is 0 Å². The van der Waals surface area contributed by atoms with Gasteiger partial charge in [0, 0.05) is 25.8 Å². The Balaban J connectivity index is 2.40. The van der Waals surface area contributed by atoms with Crippen molar-refractivity contribution in [2.75, 3.05) is 26.8 Å². The Labute approximate surface area is 88.9 Å². The zero-order valence-electron chi connectivity index (χ0n) is 8.74. The molecule has 0 saturated carbocycles. The van der Waals surface area contributed by atoms with Gasteiger partial charge in [0.2, 0.25) is 0 Å². The molecule has 0 fully saturated rings. The summed E-state index contributed by atoms with van der Waals surface area (Å²) in [5, 5.41) is 12.6. The lowest BCUT2D eigenvalue weighted by molar-refractivity contribution is 0.158. The SMILES string of the molecule is COCCNCC(O)c1ccccc1F. The van der Waals surface area contributed by atoms with Crippen LogP contribution in [0, 0.1) is 5.82 Å². The van der Waals surface area contributed by atoms with Crippen LogP contribution in [0.15, 0.2) is 24.3 Å². The van der Waals surface area contributed by atoms with E-state index >= 15 is 0 Å². The fourth-order valence-corrected chi connectivity index (χ4v) is 1.27. The molecule has 1 aromatic rings. The summed E-state index contributed by atoms with van der Waals surface area (Å²) >= 11 is 0. The van der Waals surface area contributed by atoms with Crippen LogP contribution >= 0.6 is 0 Å². The van der Waals surface area contributed by atoms with E-state index in [-0.39, 0.29) is 5.82 Å². The highest BCUT2D eigenvalue weighted by Gasteiger charge is 2.10. The molecular weight excluding hydrogens is 197 g/mol. The molecule has 4 heteroatoms. The van der Waals surface area contributed by atoms with Gasteiger partial charge in [-0.05, 0) is 6.07 Å². The van der Waals surface area contributed by atoms with Gasteiger partial charge in [0.15, 0.2) is 0 Å². The van der Waals surface area contributed by atoms with E-state index in [0.717, 1.165) is 0 Å². The van der Waals surface area contributed by atoms with Gasteiger partial charge in [0.05, 0.1) is 12.7 Å². The smallest absolute Gasteiger partial charge is 0.129 e. The van der Waals surface area contributed by atoms with E-state index in [9.17, 15) is 9.50 Å². The molecule has 2 N–H and O–H groups in total. The topological polar surface area (TPSA) is 41.5 Å². The maximum Gasteiger partial charge on any atom is 0.129 e. The second-order valence-corrected chi connectivity index (χ2v) is 3.23. The van der Waals surface area contributed by atoms with Crippen LogP contribution in [0.5, 0.6) is 0 Å². The van der Waals surface area contributed by atoms with Crippen LogP contribution in [-0.4, -0.2) is 31.9 Å². The molecule has 84 valence electrons. The molecule has 0 radical (unpaired) electrons. The summed E-state index contributed by atoms with van der Waals surface area (Å²) < 4.78 is 18.0. The monoisotopic (exact) mass is 213 g/mol. The Bertz CT molecular complexity index is 294. The lowest BCUT2D eigenvalue weighted by Gasteiger charge is -2.12. The van der Waals surface area contributed by atoms with Crippen LogP contribution in [0.25, 0.3) is 0 Å². The van der Waals surface area contributed by atoms with E-state index in [1.807, 2.05) is 0 Å². The van der Waals surface area contributed by atoms with Crippen LogP contribution in [0.4, 0.5) is 4.39 Å². The molecule has 15 heavy (non-hydrogen) atoms. The highest BCUT2D eigenvalue weighted by atomic mass is 19.1. The molecule has 1 rings (SSSR count). The Hall–Kier alpha value is -0.970. The fraction of sp³-hybridized carbons (Fsp3) is 0.455. The molecule has 1 atom stereocenters. The first-order valence-corrected chi connectivity index (χ1v) is 4.88. The molecule has 0 amide bonds. The van der Waals surface area contributed by atoms with Gasteiger partial charge < -0.3 is 15.2 Å². The third-order valence-corrected chi connectivity index (χ3v) is 2.08. The van der Waals surface area contributed by atoms with Gasteiger partial charge in [0.25, 0.3) is 0 Å². The number of aliphatic hydroxyl groups is 1. The second kappa shape index (κ2) is 6.50. The summed E-state index contributed by atoms with van der Waals surface area (Å²) in [7, 11) is 1.61. The zero-order valence-corrected chi connectivity index (χ0v) is 8.74. The lowest BCUT2D eigenvalue weighted by Crippen LogP contribution is -2.25. The molecule has 0 aromatic heterocycles. The molecule has 0 bridgehead atoms. The van der Waals surface area contributed by atoms with Crippen molar-refractivity contribution in [3.8, 4) is 0 Å². The summed E-state index contributed by atoms with van der Waals surface area (Å²) in [6.45, 7) is 1.54. The van der Waals surface area contributed by atoms with E-state index in [1.54, 1.807) is 25.3 Å². The summed E-state index contributed by atoms with van der Waals surface area (Å²) in [6, 6.07) is 6.23. The molecule has 3 nitrogen and oxygen atoms in total. The van der Waals surface area contributed by atoms with E-state index in [4.69, 9.17) is 4.74 Å². The van der Waals surface area contributed by atoms with Crippen LogP contribution < -0.4 is 5.32 Å². The highest BCUT2D eigenvalue weighted by molar-refractivity contribution is 5.19. The van der Waals surface area contributed by atoms with E-state index in [1.165, 1.54) is 6.07 Å². The quantitative estimate of drug-likeness (QED) is 0.695. The van der Waals surface area contributed by atoms with Gasteiger partial charge >= 0.3 is 0 Å². The number of benzene rings is 1. The van der Waals surface area contributed by atoms with Crippen LogP contribution in [0.1, 0.15) is 11.7 Å². The van der Waals surface area contributed by atoms with Crippen molar-refractivity contribution in [3.63, 3.8) is 0 Å². The number of methoxy groups -OCH3 is 1. The minimum Gasteiger partial charge on any atom is -0.387 e.